The average molecular weight is 425 g/mol. The van der Waals surface area contributed by atoms with Crippen LogP contribution in [0.1, 0.15) is 86.5 Å². The third-order valence-electron chi connectivity index (χ3n) is 7.93. The molecule has 0 radical (unpaired) electrons. The lowest BCUT2D eigenvalue weighted by Gasteiger charge is -2.58. The lowest BCUT2D eigenvalue weighted by Crippen LogP contribution is -2.67. The molecule has 3 fully saturated rings. The molecule has 0 aromatic carbocycles. The number of esters is 1. The summed E-state index contributed by atoms with van der Waals surface area (Å²) in [5.41, 5.74) is -3.37. The first-order valence-corrected chi connectivity index (χ1v) is 11.7. The summed E-state index contributed by atoms with van der Waals surface area (Å²) in [6.07, 6.45) is 2.38. The predicted octanol–water partition coefficient (Wildman–Crippen LogP) is 3.41. The minimum atomic E-state index is -1.31. The van der Waals surface area contributed by atoms with Crippen molar-refractivity contribution in [3.63, 3.8) is 0 Å². The van der Waals surface area contributed by atoms with Crippen LogP contribution in [-0.2, 0) is 19.1 Å². The number of hydrogen-bond acceptors (Lipinski definition) is 6. The van der Waals surface area contributed by atoms with E-state index in [0.29, 0.717) is 38.0 Å². The van der Waals surface area contributed by atoms with Gasteiger partial charge < -0.3 is 19.7 Å². The van der Waals surface area contributed by atoms with E-state index in [9.17, 15) is 19.8 Å². The maximum Gasteiger partial charge on any atom is 0.306 e. The maximum absolute atomic E-state index is 13.5. The van der Waals surface area contributed by atoms with Gasteiger partial charge in [-0.05, 0) is 64.7 Å². The van der Waals surface area contributed by atoms with Gasteiger partial charge in [0.1, 0.15) is 17.5 Å². The lowest BCUT2D eigenvalue weighted by atomic mass is 9.55. The predicted molar refractivity (Wildman–Crippen MR) is 113 cm³/mol. The number of fused-ring (bicyclic) bond motifs is 4. The number of Topliss-reactive ketones (excluding diaryl/α,β-unsaturated/α-hetero) is 1. The van der Waals surface area contributed by atoms with Crippen LogP contribution < -0.4 is 0 Å². The Bertz CT molecular complexity index is 669. The number of hydrogen-bond donors (Lipinski definition) is 2. The number of carbonyl (C=O) groups excluding carboxylic acids is 2. The highest BCUT2D eigenvalue weighted by Gasteiger charge is 2.62. The number of ether oxygens (including phenoxy) is 2. The normalized spacial score (nSPS) is 46.7. The van der Waals surface area contributed by atoms with E-state index in [1.54, 1.807) is 13.8 Å². The molecule has 0 amide bonds. The SMILES string of the molecule is CCCC(=O)O[C@]1(C)CC[C@H]2O[C@@H]1[C@@H]1[C@@H](C(C)C)CC[C@@](C)(O)[C@@H]1C(=O)C[C@@]2(C)O. The molecular weight excluding hydrogens is 384 g/mol. The van der Waals surface area contributed by atoms with Gasteiger partial charge in [0.15, 0.2) is 0 Å². The summed E-state index contributed by atoms with van der Waals surface area (Å²) < 4.78 is 12.5. The van der Waals surface area contributed by atoms with Crippen LogP contribution in [0, 0.1) is 23.7 Å². The largest absolute Gasteiger partial charge is 0.457 e. The summed E-state index contributed by atoms with van der Waals surface area (Å²) in [7, 11) is 0. The van der Waals surface area contributed by atoms with E-state index in [1.807, 2.05) is 13.8 Å². The van der Waals surface area contributed by atoms with Crippen molar-refractivity contribution in [2.75, 3.05) is 0 Å². The van der Waals surface area contributed by atoms with Crippen molar-refractivity contribution < 1.29 is 29.3 Å². The molecule has 8 atom stereocenters. The summed E-state index contributed by atoms with van der Waals surface area (Å²) in [6.45, 7) is 11.5. The Morgan fingerprint density at radius 1 is 1.17 bits per heavy atom. The molecule has 2 saturated heterocycles. The Morgan fingerprint density at radius 2 is 1.83 bits per heavy atom. The summed E-state index contributed by atoms with van der Waals surface area (Å²) in [5, 5.41) is 22.4. The van der Waals surface area contributed by atoms with Crippen LogP contribution in [0.5, 0.6) is 0 Å². The Morgan fingerprint density at radius 3 is 2.43 bits per heavy atom. The minimum absolute atomic E-state index is 0.0289. The molecule has 0 spiro atoms. The van der Waals surface area contributed by atoms with Crippen LogP contribution in [0.4, 0.5) is 0 Å². The zero-order valence-corrected chi connectivity index (χ0v) is 19.4. The van der Waals surface area contributed by atoms with E-state index in [4.69, 9.17) is 9.47 Å². The van der Waals surface area contributed by atoms with Crippen LogP contribution in [0.3, 0.4) is 0 Å². The molecule has 6 nitrogen and oxygen atoms in total. The van der Waals surface area contributed by atoms with Gasteiger partial charge in [-0.1, -0.05) is 20.8 Å². The second kappa shape index (κ2) is 8.18. The summed E-state index contributed by atoms with van der Waals surface area (Å²) in [4.78, 5) is 26.0. The van der Waals surface area contributed by atoms with Crippen molar-refractivity contribution in [1.82, 2.24) is 0 Å². The summed E-state index contributed by atoms with van der Waals surface area (Å²) in [6, 6.07) is 0. The molecule has 30 heavy (non-hydrogen) atoms. The van der Waals surface area contributed by atoms with E-state index in [0.717, 1.165) is 6.42 Å². The number of ketones is 1. The fourth-order valence-corrected chi connectivity index (χ4v) is 6.31. The minimum Gasteiger partial charge on any atom is -0.457 e. The molecule has 2 N–H and O–H groups in total. The van der Waals surface area contributed by atoms with E-state index < -0.39 is 34.9 Å². The molecule has 2 aliphatic heterocycles. The summed E-state index contributed by atoms with van der Waals surface area (Å²) >= 11 is 0. The van der Waals surface area contributed by atoms with Crippen molar-refractivity contribution in [2.45, 2.75) is 115 Å². The second-order valence-corrected chi connectivity index (χ2v) is 11.0. The Balaban J connectivity index is 2.10. The molecular formula is C24H40O6. The van der Waals surface area contributed by atoms with Gasteiger partial charge in [0.25, 0.3) is 0 Å². The van der Waals surface area contributed by atoms with Gasteiger partial charge in [-0.3, -0.25) is 9.59 Å². The topological polar surface area (TPSA) is 93.1 Å². The molecule has 2 heterocycles. The van der Waals surface area contributed by atoms with Crippen LogP contribution in [0.15, 0.2) is 0 Å². The number of rotatable bonds is 4. The van der Waals surface area contributed by atoms with E-state index in [-0.39, 0.29) is 30.0 Å². The molecule has 3 rings (SSSR count). The molecule has 172 valence electrons. The first kappa shape index (κ1) is 23.7. The zero-order valence-electron chi connectivity index (χ0n) is 19.4. The van der Waals surface area contributed by atoms with E-state index in [1.165, 1.54) is 0 Å². The Kier molecular flexibility index (Phi) is 6.45. The molecule has 0 aromatic heterocycles. The highest BCUT2D eigenvalue weighted by molar-refractivity contribution is 5.84. The van der Waals surface area contributed by atoms with Crippen molar-refractivity contribution in [3.05, 3.63) is 0 Å². The first-order valence-electron chi connectivity index (χ1n) is 11.7. The zero-order chi connectivity index (χ0) is 22.5. The van der Waals surface area contributed by atoms with Gasteiger partial charge in [0.2, 0.25) is 0 Å². The maximum atomic E-state index is 13.5. The van der Waals surface area contributed by atoms with E-state index in [2.05, 4.69) is 13.8 Å². The molecule has 0 aromatic rings. The summed E-state index contributed by atoms with van der Waals surface area (Å²) in [5.74, 6) is -0.834. The molecule has 0 unspecified atom stereocenters. The van der Waals surface area contributed by atoms with Crippen LogP contribution in [0.2, 0.25) is 0 Å². The van der Waals surface area contributed by atoms with Crippen molar-refractivity contribution in [2.24, 2.45) is 23.7 Å². The van der Waals surface area contributed by atoms with Crippen molar-refractivity contribution >= 4 is 11.8 Å². The van der Waals surface area contributed by atoms with Crippen LogP contribution >= 0.6 is 0 Å². The van der Waals surface area contributed by atoms with Gasteiger partial charge in [0, 0.05) is 18.8 Å². The quantitative estimate of drug-likeness (QED) is 0.672. The monoisotopic (exact) mass is 424 g/mol. The van der Waals surface area contributed by atoms with Gasteiger partial charge in [-0.2, -0.15) is 0 Å². The van der Waals surface area contributed by atoms with Gasteiger partial charge in [-0.25, -0.2) is 0 Å². The van der Waals surface area contributed by atoms with Crippen LogP contribution in [-0.4, -0.2) is 51.0 Å². The first-order chi connectivity index (χ1) is 13.8. The second-order valence-electron chi connectivity index (χ2n) is 11.0. The van der Waals surface area contributed by atoms with Crippen LogP contribution in [0.25, 0.3) is 0 Å². The van der Waals surface area contributed by atoms with Gasteiger partial charge in [-0.15, -0.1) is 0 Å². The van der Waals surface area contributed by atoms with Gasteiger partial charge in [0.05, 0.1) is 23.2 Å². The van der Waals surface area contributed by atoms with Gasteiger partial charge >= 0.3 is 5.97 Å². The Hall–Kier alpha value is -0.980. The third-order valence-corrected chi connectivity index (χ3v) is 7.93. The smallest absolute Gasteiger partial charge is 0.306 e. The van der Waals surface area contributed by atoms with E-state index >= 15 is 0 Å². The Labute approximate surface area is 180 Å². The number of aliphatic hydroxyl groups is 2. The van der Waals surface area contributed by atoms with Crippen molar-refractivity contribution in [3.8, 4) is 0 Å². The molecule has 3 aliphatic rings. The number of carbonyl (C=O) groups is 2. The highest BCUT2D eigenvalue weighted by atomic mass is 16.6. The van der Waals surface area contributed by atoms with Crippen molar-refractivity contribution in [1.29, 1.82) is 0 Å². The average Bonchev–Trinajstić information content (AvgIpc) is 2.59. The molecule has 2 bridgehead atoms. The lowest BCUT2D eigenvalue weighted by molar-refractivity contribution is -0.268. The molecule has 6 heteroatoms. The third kappa shape index (κ3) is 4.20. The fourth-order valence-electron chi connectivity index (χ4n) is 6.31. The standard InChI is InChI=1S/C24H40O6/c1-7-8-18(26)30-24(6)12-10-17-23(5,28)13-16(25)20-19(21(24)29-17)15(14(2)3)9-11-22(20,4)27/h14-15,17,19-21,27-28H,7-13H2,1-6H3/t15-,17-,19-,20-,21-,22-,23-,24-/m1/s1. The molecule has 1 saturated carbocycles. The fraction of sp³-hybridized carbons (Fsp3) is 0.917. The molecule has 1 aliphatic carbocycles. The highest BCUT2D eigenvalue weighted by Crippen LogP contribution is 2.54.